The highest BCUT2D eigenvalue weighted by Crippen LogP contribution is 2.34. The Morgan fingerprint density at radius 1 is 1.38 bits per heavy atom. The van der Waals surface area contributed by atoms with Gasteiger partial charge in [0.15, 0.2) is 5.01 Å². The number of H-pyrrole nitrogens is 1. The van der Waals surface area contributed by atoms with Crippen LogP contribution in [0.1, 0.15) is 39.8 Å². The lowest BCUT2D eigenvalue weighted by molar-refractivity contribution is 0.104. The highest BCUT2D eigenvalue weighted by molar-refractivity contribution is 7.17. The number of nitrogens with one attached hydrogen (secondary N) is 1. The zero-order valence-electron chi connectivity index (χ0n) is 14.6. The molecule has 6 heteroatoms. The summed E-state index contributed by atoms with van der Waals surface area (Å²) in [6.07, 6.45) is 5.68. The van der Waals surface area contributed by atoms with Crippen LogP contribution in [0.3, 0.4) is 0 Å². The predicted molar refractivity (Wildman–Crippen MR) is 107 cm³/mol. The first-order chi connectivity index (χ1) is 12.7. The number of ketones is 1. The molecule has 0 atom stereocenters. The van der Waals surface area contributed by atoms with Crippen molar-refractivity contribution in [1.29, 1.82) is 0 Å². The third-order valence-corrected chi connectivity index (χ3v) is 6.09. The summed E-state index contributed by atoms with van der Waals surface area (Å²) in [6, 6.07) is 8.49. The van der Waals surface area contributed by atoms with E-state index in [0.717, 1.165) is 31.6 Å². The van der Waals surface area contributed by atoms with Gasteiger partial charge in [-0.1, -0.05) is 36.1 Å². The van der Waals surface area contributed by atoms with Crippen LogP contribution in [0.15, 0.2) is 43.1 Å². The lowest BCUT2D eigenvalue weighted by Gasteiger charge is -2.31. The fourth-order valence-corrected chi connectivity index (χ4v) is 4.49. The van der Waals surface area contributed by atoms with Crippen molar-refractivity contribution in [3.05, 3.63) is 59.4 Å². The highest BCUT2D eigenvalue weighted by Gasteiger charge is 2.24. The molecule has 1 aliphatic heterocycles. The molecule has 3 heterocycles. The highest BCUT2D eigenvalue weighted by atomic mass is 32.1. The maximum Gasteiger partial charge on any atom is 0.213 e. The molecule has 5 nitrogen and oxygen atoms in total. The summed E-state index contributed by atoms with van der Waals surface area (Å²) in [5.74, 6) is 0.416. The molecule has 1 saturated heterocycles. The van der Waals surface area contributed by atoms with Gasteiger partial charge in [0.1, 0.15) is 5.00 Å². The minimum atomic E-state index is -0.161. The van der Waals surface area contributed by atoms with Gasteiger partial charge < -0.3 is 10.7 Å². The molecule has 26 heavy (non-hydrogen) atoms. The van der Waals surface area contributed by atoms with E-state index in [2.05, 4.69) is 51.9 Å². The monoisotopic (exact) mass is 366 g/mol. The second kappa shape index (κ2) is 7.05. The topological polar surface area (TPSA) is 75.0 Å². The average Bonchev–Trinajstić information content (AvgIpc) is 3.26. The smallest absolute Gasteiger partial charge is 0.213 e. The minimum absolute atomic E-state index is 0.161. The van der Waals surface area contributed by atoms with E-state index in [1.54, 1.807) is 0 Å². The third-order valence-electron chi connectivity index (χ3n) is 5.15. The number of hydrogen-bond donors (Lipinski definition) is 2. The summed E-state index contributed by atoms with van der Waals surface area (Å²) < 4.78 is 0. The number of carbonyl (C=O) groups excluding carboxylic acids is 1. The van der Waals surface area contributed by atoms with Crippen LogP contribution in [0.4, 0.5) is 5.00 Å². The molecule has 0 spiro atoms. The van der Waals surface area contributed by atoms with Crippen molar-refractivity contribution in [2.75, 3.05) is 18.8 Å². The van der Waals surface area contributed by atoms with Crippen molar-refractivity contribution in [2.24, 2.45) is 0 Å². The number of para-hydroxylation sites is 1. The van der Waals surface area contributed by atoms with Gasteiger partial charge in [0, 0.05) is 23.6 Å². The molecule has 1 aliphatic rings. The number of anilines is 1. The quantitative estimate of drug-likeness (QED) is 0.529. The molecule has 0 aliphatic carbocycles. The van der Waals surface area contributed by atoms with Gasteiger partial charge in [-0.2, -0.15) is 0 Å². The van der Waals surface area contributed by atoms with Gasteiger partial charge in [0.05, 0.1) is 5.69 Å². The fourth-order valence-electron chi connectivity index (χ4n) is 3.72. The van der Waals surface area contributed by atoms with E-state index in [1.165, 1.54) is 33.9 Å². The van der Waals surface area contributed by atoms with Crippen LogP contribution in [-0.2, 0) is 6.54 Å². The van der Waals surface area contributed by atoms with E-state index in [1.807, 2.05) is 0 Å². The van der Waals surface area contributed by atoms with Crippen molar-refractivity contribution in [2.45, 2.75) is 25.3 Å². The normalized spacial score (nSPS) is 16.2. The standard InChI is InChI=1S/C20H22N4OS/c1-2-18(25)20-23-17(19(21)26-20)12-24-9-7-13(8-10-24)15-11-22-16-6-4-3-5-14(15)16/h2-6,11,13,22H,1,7-10,12,21H2. The Morgan fingerprint density at radius 2 is 2.15 bits per heavy atom. The molecule has 3 N–H and O–H groups in total. The van der Waals surface area contributed by atoms with E-state index >= 15 is 0 Å². The molecule has 2 aromatic heterocycles. The molecule has 1 aromatic carbocycles. The summed E-state index contributed by atoms with van der Waals surface area (Å²) >= 11 is 1.25. The average molecular weight is 366 g/mol. The summed E-state index contributed by atoms with van der Waals surface area (Å²) in [6.45, 7) is 6.22. The Balaban J connectivity index is 1.42. The molecular formula is C20H22N4OS. The summed E-state index contributed by atoms with van der Waals surface area (Å²) in [5, 5.41) is 2.40. The number of nitrogen functional groups attached to an aromatic ring is 1. The van der Waals surface area contributed by atoms with Crippen LogP contribution >= 0.6 is 11.3 Å². The number of aromatic amines is 1. The lowest BCUT2D eigenvalue weighted by atomic mass is 9.89. The second-order valence-electron chi connectivity index (χ2n) is 6.74. The number of carbonyl (C=O) groups is 1. The largest absolute Gasteiger partial charge is 0.389 e. The van der Waals surface area contributed by atoms with Gasteiger partial charge in [-0.05, 0) is 49.6 Å². The maximum absolute atomic E-state index is 11.7. The van der Waals surface area contributed by atoms with Gasteiger partial charge >= 0.3 is 0 Å². The van der Waals surface area contributed by atoms with Gasteiger partial charge in [0.2, 0.25) is 5.78 Å². The Bertz CT molecular complexity index is 950. The Morgan fingerprint density at radius 3 is 2.92 bits per heavy atom. The number of aromatic nitrogens is 2. The molecule has 0 radical (unpaired) electrons. The summed E-state index contributed by atoms with van der Waals surface area (Å²) in [4.78, 5) is 21.9. The van der Waals surface area contributed by atoms with Crippen molar-refractivity contribution in [3.63, 3.8) is 0 Å². The SMILES string of the molecule is C=CC(=O)c1nc(CN2CCC(c3c[nH]c4ccccc34)CC2)c(N)s1. The van der Waals surface area contributed by atoms with E-state index in [9.17, 15) is 4.79 Å². The Labute approximate surface area is 156 Å². The molecule has 0 bridgehead atoms. The van der Waals surface area contributed by atoms with E-state index in [0.29, 0.717) is 22.5 Å². The third kappa shape index (κ3) is 3.18. The fraction of sp³-hybridized carbons (Fsp3) is 0.300. The lowest BCUT2D eigenvalue weighted by Crippen LogP contribution is -2.32. The second-order valence-corrected chi connectivity index (χ2v) is 7.77. The number of benzene rings is 1. The van der Waals surface area contributed by atoms with Crippen molar-refractivity contribution >= 4 is 33.0 Å². The number of hydrogen-bond acceptors (Lipinski definition) is 5. The Kier molecular flexibility index (Phi) is 4.61. The number of fused-ring (bicyclic) bond motifs is 1. The van der Waals surface area contributed by atoms with Crippen LogP contribution in [-0.4, -0.2) is 33.7 Å². The molecule has 0 saturated carbocycles. The maximum atomic E-state index is 11.7. The summed E-state index contributed by atoms with van der Waals surface area (Å²) in [5.41, 5.74) is 9.50. The van der Waals surface area contributed by atoms with Crippen LogP contribution in [0.5, 0.6) is 0 Å². The number of nitrogens with two attached hydrogens (primary N) is 1. The number of allylic oxidation sites excluding steroid dienone is 1. The summed E-state index contributed by atoms with van der Waals surface area (Å²) in [7, 11) is 0. The van der Waals surface area contributed by atoms with Crippen LogP contribution < -0.4 is 5.73 Å². The van der Waals surface area contributed by atoms with Crippen LogP contribution in [0, 0.1) is 0 Å². The molecule has 0 unspecified atom stereocenters. The molecule has 1 fully saturated rings. The zero-order chi connectivity index (χ0) is 18.1. The first-order valence-electron chi connectivity index (χ1n) is 8.86. The van der Waals surface area contributed by atoms with Crippen LogP contribution in [0.25, 0.3) is 10.9 Å². The van der Waals surface area contributed by atoms with Crippen molar-refractivity contribution in [3.8, 4) is 0 Å². The van der Waals surface area contributed by atoms with E-state index in [4.69, 9.17) is 5.73 Å². The zero-order valence-corrected chi connectivity index (χ0v) is 15.4. The molecule has 0 amide bonds. The first-order valence-corrected chi connectivity index (χ1v) is 9.67. The van der Waals surface area contributed by atoms with Gasteiger partial charge in [-0.25, -0.2) is 4.98 Å². The number of likely N-dealkylation sites (tertiary alicyclic amines) is 1. The van der Waals surface area contributed by atoms with Crippen LogP contribution in [0.2, 0.25) is 0 Å². The van der Waals surface area contributed by atoms with E-state index in [-0.39, 0.29) is 5.78 Å². The van der Waals surface area contributed by atoms with E-state index < -0.39 is 0 Å². The van der Waals surface area contributed by atoms with Crippen molar-refractivity contribution < 1.29 is 4.79 Å². The van der Waals surface area contributed by atoms with Gasteiger partial charge in [-0.3, -0.25) is 9.69 Å². The van der Waals surface area contributed by atoms with Gasteiger partial charge in [-0.15, -0.1) is 0 Å². The predicted octanol–water partition coefficient (Wildman–Crippen LogP) is 3.95. The number of piperidine rings is 1. The minimum Gasteiger partial charge on any atom is -0.389 e. The number of nitrogens with zero attached hydrogens (tertiary/aromatic N) is 2. The number of rotatable bonds is 5. The van der Waals surface area contributed by atoms with Crippen molar-refractivity contribution in [1.82, 2.24) is 14.9 Å². The first kappa shape index (κ1) is 17.0. The Hall–Kier alpha value is -2.44. The van der Waals surface area contributed by atoms with Gasteiger partial charge in [0.25, 0.3) is 0 Å². The number of thiazole rings is 1. The molecule has 4 rings (SSSR count). The molecule has 134 valence electrons. The molecule has 3 aromatic rings. The molecular weight excluding hydrogens is 344 g/mol.